The number of halogens is 3. The molecule has 1 amide bonds. The third kappa shape index (κ3) is 3.87. The van der Waals surface area contributed by atoms with Gasteiger partial charge in [-0.15, -0.1) is 0 Å². The maximum absolute atomic E-state index is 12.3. The van der Waals surface area contributed by atoms with Crippen LogP contribution in [0.25, 0.3) is 0 Å². The second kappa shape index (κ2) is 7.03. The van der Waals surface area contributed by atoms with Crippen molar-refractivity contribution in [1.82, 2.24) is 0 Å². The van der Waals surface area contributed by atoms with E-state index in [1.54, 1.807) is 24.3 Å². The third-order valence-electron chi connectivity index (χ3n) is 3.75. The van der Waals surface area contributed by atoms with Gasteiger partial charge in [0.25, 0.3) is 5.91 Å². The first kappa shape index (κ1) is 18.3. The molecular formula is C16H13Cl3N2O3S. The van der Waals surface area contributed by atoms with Gasteiger partial charge in [0.05, 0.1) is 26.5 Å². The molecule has 0 atom stereocenters. The van der Waals surface area contributed by atoms with Crippen LogP contribution in [-0.2, 0) is 10.0 Å². The molecular weight excluding hydrogens is 407 g/mol. The lowest BCUT2D eigenvalue weighted by molar-refractivity contribution is 0.102. The molecule has 1 saturated heterocycles. The number of carbonyl (C=O) groups is 1. The summed E-state index contributed by atoms with van der Waals surface area (Å²) in [6.07, 6.45) is 0.540. The molecule has 2 aromatic rings. The number of benzene rings is 2. The van der Waals surface area contributed by atoms with Crippen molar-refractivity contribution >= 4 is 62.1 Å². The fourth-order valence-corrected chi connectivity index (χ4v) is 4.67. The largest absolute Gasteiger partial charge is 0.322 e. The zero-order valence-electron chi connectivity index (χ0n) is 12.8. The number of hydrogen-bond acceptors (Lipinski definition) is 3. The molecule has 3 rings (SSSR count). The van der Waals surface area contributed by atoms with Crippen molar-refractivity contribution in [2.75, 3.05) is 21.9 Å². The van der Waals surface area contributed by atoms with E-state index >= 15 is 0 Å². The summed E-state index contributed by atoms with van der Waals surface area (Å²) in [7, 11) is -3.37. The minimum Gasteiger partial charge on any atom is -0.322 e. The topological polar surface area (TPSA) is 66.5 Å². The molecule has 0 aliphatic carbocycles. The third-order valence-corrected chi connectivity index (χ3v) is 6.67. The summed E-state index contributed by atoms with van der Waals surface area (Å²) in [5, 5.41) is 3.63. The first-order valence-electron chi connectivity index (χ1n) is 7.34. The molecule has 25 heavy (non-hydrogen) atoms. The lowest BCUT2D eigenvalue weighted by Gasteiger charge is -2.19. The Morgan fingerprint density at radius 1 is 1.00 bits per heavy atom. The molecule has 1 aliphatic heterocycles. The molecule has 5 nitrogen and oxygen atoms in total. The number of hydrogen-bond donors (Lipinski definition) is 1. The van der Waals surface area contributed by atoms with Gasteiger partial charge in [0.15, 0.2) is 0 Å². The summed E-state index contributed by atoms with van der Waals surface area (Å²) in [6.45, 7) is 0.367. The Kier molecular flexibility index (Phi) is 5.16. The van der Waals surface area contributed by atoms with Gasteiger partial charge in [-0.05, 0) is 42.8 Å². The molecule has 9 heteroatoms. The van der Waals surface area contributed by atoms with Crippen molar-refractivity contribution in [2.45, 2.75) is 6.42 Å². The van der Waals surface area contributed by atoms with E-state index < -0.39 is 15.9 Å². The first-order chi connectivity index (χ1) is 11.8. The van der Waals surface area contributed by atoms with E-state index in [0.29, 0.717) is 39.9 Å². The Morgan fingerprint density at radius 2 is 1.72 bits per heavy atom. The van der Waals surface area contributed by atoms with E-state index in [1.807, 2.05) is 0 Å². The maximum atomic E-state index is 12.3. The number of amides is 1. The second-order valence-electron chi connectivity index (χ2n) is 5.49. The van der Waals surface area contributed by atoms with E-state index in [9.17, 15) is 13.2 Å². The van der Waals surface area contributed by atoms with Crippen LogP contribution >= 0.6 is 34.8 Å². The van der Waals surface area contributed by atoms with E-state index in [2.05, 4.69) is 5.32 Å². The number of nitrogens with one attached hydrogen (secondary N) is 1. The number of nitrogens with zero attached hydrogens (tertiary/aromatic N) is 1. The fourth-order valence-electron chi connectivity index (χ4n) is 2.53. The Balaban J connectivity index is 1.87. The Labute approximate surface area is 160 Å². The van der Waals surface area contributed by atoms with Gasteiger partial charge in [-0.25, -0.2) is 8.42 Å². The number of anilines is 2. The fraction of sp³-hybridized carbons (Fsp3) is 0.188. The standard InChI is InChI=1S/C16H13Cl3N2O3S/c17-12-4-2-10(8-14(12)19)16(22)20-11-3-5-13(18)15(9-11)21-6-1-7-25(21,23)24/h2-5,8-9H,1,6-7H2,(H,20,22). The highest BCUT2D eigenvalue weighted by Crippen LogP contribution is 2.33. The van der Waals surface area contributed by atoms with Crippen molar-refractivity contribution in [1.29, 1.82) is 0 Å². The zero-order valence-corrected chi connectivity index (χ0v) is 15.9. The van der Waals surface area contributed by atoms with E-state index in [0.717, 1.165) is 0 Å². The van der Waals surface area contributed by atoms with Gasteiger partial charge in [-0.1, -0.05) is 34.8 Å². The van der Waals surface area contributed by atoms with Crippen molar-refractivity contribution in [3.8, 4) is 0 Å². The van der Waals surface area contributed by atoms with Crippen LogP contribution in [0.1, 0.15) is 16.8 Å². The predicted octanol–water partition coefficient (Wildman–Crippen LogP) is 4.44. The Bertz CT molecular complexity index is 948. The monoisotopic (exact) mass is 418 g/mol. The molecule has 0 unspecified atom stereocenters. The second-order valence-corrected chi connectivity index (χ2v) is 8.73. The summed E-state index contributed by atoms with van der Waals surface area (Å²) >= 11 is 17.9. The summed E-state index contributed by atoms with van der Waals surface area (Å²) in [5.74, 6) is -0.306. The summed E-state index contributed by atoms with van der Waals surface area (Å²) < 4.78 is 25.5. The first-order valence-corrected chi connectivity index (χ1v) is 10.1. The van der Waals surface area contributed by atoms with Gasteiger partial charge in [0.2, 0.25) is 10.0 Å². The average Bonchev–Trinajstić information content (AvgIpc) is 2.91. The Morgan fingerprint density at radius 3 is 2.36 bits per heavy atom. The molecule has 132 valence electrons. The molecule has 1 aliphatic rings. The quantitative estimate of drug-likeness (QED) is 0.800. The molecule has 2 aromatic carbocycles. The van der Waals surface area contributed by atoms with Crippen molar-refractivity contribution < 1.29 is 13.2 Å². The maximum Gasteiger partial charge on any atom is 0.255 e. The zero-order chi connectivity index (χ0) is 18.2. The lowest BCUT2D eigenvalue weighted by atomic mass is 10.2. The van der Waals surface area contributed by atoms with E-state index in [-0.39, 0.29) is 10.8 Å². The van der Waals surface area contributed by atoms with Gasteiger partial charge in [-0.2, -0.15) is 0 Å². The van der Waals surface area contributed by atoms with Crippen LogP contribution in [0.3, 0.4) is 0 Å². The van der Waals surface area contributed by atoms with Gasteiger partial charge >= 0.3 is 0 Å². The van der Waals surface area contributed by atoms with E-state index in [1.165, 1.54) is 16.4 Å². The average molecular weight is 420 g/mol. The molecule has 1 heterocycles. The van der Waals surface area contributed by atoms with Crippen molar-refractivity contribution in [3.05, 3.63) is 57.0 Å². The van der Waals surface area contributed by atoms with Crippen LogP contribution in [0, 0.1) is 0 Å². The smallest absolute Gasteiger partial charge is 0.255 e. The molecule has 1 fully saturated rings. The molecule has 0 aromatic heterocycles. The highest BCUT2D eigenvalue weighted by Gasteiger charge is 2.30. The van der Waals surface area contributed by atoms with Gasteiger partial charge in [0.1, 0.15) is 0 Å². The molecule has 0 radical (unpaired) electrons. The van der Waals surface area contributed by atoms with Crippen molar-refractivity contribution in [3.63, 3.8) is 0 Å². The molecule has 0 saturated carbocycles. The van der Waals surface area contributed by atoms with Gasteiger partial charge in [0, 0.05) is 17.8 Å². The summed E-state index contributed by atoms with van der Waals surface area (Å²) in [6, 6.07) is 9.23. The van der Waals surface area contributed by atoms with Crippen LogP contribution in [0.4, 0.5) is 11.4 Å². The van der Waals surface area contributed by atoms with Crippen molar-refractivity contribution in [2.24, 2.45) is 0 Å². The van der Waals surface area contributed by atoms with Crippen LogP contribution in [0.15, 0.2) is 36.4 Å². The Hall–Kier alpha value is -1.47. The number of rotatable bonds is 3. The normalized spacial score (nSPS) is 16.0. The molecule has 0 spiro atoms. The van der Waals surface area contributed by atoms with Crippen LogP contribution in [0.2, 0.25) is 15.1 Å². The van der Waals surface area contributed by atoms with E-state index in [4.69, 9.17) is 34.8 Å². The number of carbonyl (C=O) groups excluding carboxylic acids is 1. The summed E-state index contributed by atoms with van der Waals surface area (Å²) in [5.41, 5.74) is 1.11. The van der Waals surface area contributed by atoms with Gasteiger partial charge < -0.3 is 5.32 Å². The van der Waals surface area contributed by atoms with Crippen LogP contribution in [0.5, 0.6) is 0 Å². The van der Waals surface area contributed by atoms with Crippen LogP contribution in [-0.4, -0.2) is 26.6 Å². The minimum absolute atomic E-state index is 0.0865. The molecule has 1 N–H and O–H groups in total. The van der Waals surface area contributed by atoms with Gasteiger partial charge in [-0.3, -0.25) is 9.10 Å². The molecule has 0 bridgehead atoms. The SMILES string of the molecule is O=C(Nc1ccc(Cl)c(N2CCCS2(=O)=O)c1)c1ccc(Cl)c(Cl)c1. The highest BCUT2D eigenvalue weighted by molar-refractivity contribution is 7.93. The predicted molar refractivity (Wildman–Crippen MR) is 102 cm³/mol. The lowest BCUT2D eigenvalue weighted by Crippen LogP contribution is -2.25. The summed E-state index contributed by atoms with van der Waals surface area (Å²) in [4.78, 5) is 12.3. The number of sulfonamides is 1. The highest BCUT2D eigenvalue weighted by atomic mass is 35.5. The minimum atomic E-state index is -3.37. The van der Waals surface area contributed by atoms with Crippen LogP contribution < -0.4 is 9.62 Å².